The van der Waals surface area contributed by atoms with Gasteiger partial charge in [-0.15, -0.1) is 0 Å². The third-order valence-corrected chi connectivity index (χ3v) is 4.03. The third kappa shape index (κ3) is 2.87. The zero-order valence-corrected chi connectivity index (χ0v) is 11.8. The highest BCUT2D eigenvalue weighted by atomic mass is 32.2. The van der Waals surface area contributed by atoms with Crippen LogP contribution in [0, 0.1) is 0 Å². The van der Waals surface area contributed by atoms with Crippen molar-refractivity contribution in [3.8, 4) is 0 Å². The van der Waals surface area contributed by atoms with Crippen LogP contribution in [-0.2, 0) is 16.1 Å². The number of carboxylic acid groups (broad SMARTS) is 1. The maximum atomic E-state index is 12.1. The van der Waals surface area contributed by atoms with E-state index in [1.165, 1.54) is 0 Å². The van der Waals surface area contributed by atoms with Gasteiger partial charge in [0.1, 0.15) is 10.9 Å². The molecule has 0 unspecified atom stereocenters. The lowest BCUT2D eigenvalue weighted by Gasteiger charge is -2.10. The van der Waals surface area contributed by atoms with E-state index in [1.54, 1.807) is 6.08 Å². The molecule has 19 heavy (non-hydrogen) atoms. The molecule has 0 aliphatic carbocycles. The van der Waals surface area contributed by atoms with Gasteiger partial charge in [0.25, 0.3) is 5.91 Å². The van der Waals surface area contributed by atoms with Crippen molar-refractivity contribution in [1.29, 1.82) is 0 Å². The number of aromatic nitrogens is 1. The number of nitrogens with zero attached hydrogens (tertiary/aromatic N) is 2. The van der Waals surface area contributed by atoms with E-state index < -0.39 is 12.5 Å². The molecule has 0 saturated carbocycles. The van der Waals surface area contributed by atoms with Gasteiger partial charge < -0.3 is 9.67 Å². The molecule has 0 atom stereocenters. The highest BCUT2D eigenvalue weighted by Gasteiger charge is 2.33. The summed E-state index contributed by atoms with van der Waals surface area (Å²) < 4.78 is 2.28. The molecule has 1 saturated heterocycles. The number of aliphatic carboxylic acids is 1. The topological polar surface area (TPSA) is 62.5 Å². The van der Waals surface area contributed by atoms with Crippen molar-refractivity contribution in [3.05, 3.63) is 28.9 Å². The Balaban J connectivity index is 2.25. The van der Waals surface area contributed by atoms with Crippen molar-refractivity contribution in [2.24, 2.45) is 0 Å². The van der Waals surface area contributed by atoms with E-state index in [1.807, 2.05) is 29.8 Å². The fourth-order valence-corrected chi connectivity index (χ4v) is 2.99. The molecule has 1 aliphatic rings. The Labute approximate surface area is 119 Å². The lowest BCUT2D eigenvalue weighted by atomic mass is 10.3. The molecule has 0 aromatic carbocycles. The van der Waals surface area contributed by atoms with E-state index in [0.717, 1.165) is 28.9 Å². The molecular formula is C12H12N2O3S2. The lowest BCUT2D eigenvalue weighted by molar-refractivity contribution is -0.140. The van der Waals surface area contributed by atoms with Crippen LogP contribution in [0.15, 0.2) is 23.2 Å². The summed E-state index contributed by atoms with van der Waals surface area (Å²) in [7, 11) is 0. The third-order valence-electron chi connectivity index (χ3n) is 2.65. The Morgan fingerprint density at radius 3 is 2.95 bits per heavy atom. The number of aryl methyl sites for hydroxylation is 1. The second kappa shape index (κ2) is 5.58. The first-order valence-corrected chi connectivity index (χ1v) is 6.87. The number of thiocarbonyl (C=S) groups is 1. The molecular weight excluding hydrogens is 284 g/mol. The van der Waals surface area contributed by atoms with Gasteiger partial charge in [0.05, 0.1) is 4.91 Å². The molecule has 1 amide bonds. The molecule has 1 fully saturated rings. The zero-order valence-electron chi connectivity index (χ0n) is 10.2. The largest absolute Gasteiger partial charge is 0.480 e. The van der Waals surface area contributed by atoms with Crippen molar-refractivity contribution in [1.82, 2.24) is 9.47 Å². The summed E-state index contributed by atoms with van der Waals surface area (Å²) in [6.45, 7) is 2.41. The highest BCUT2D eigenvalue weighted by Crippen LogP contribution is 2.32. The molecule has 1 aromatic heterocycles. The molecule has 0 radical (unpaired) electrons. The van der Waals surface area contributed by atoms with Crippen molar-refractivity contribution >= 4 is 46.3 Å². The van der Waals surface area contributed by atoms with E-state index in [4.69, 9.17) is 17.3 Å². The summed E-state index contributed by atoms with van der Waals surface area (Å²) in [6.07, 6.45) is 3.66. The van der Waals surface area contributed by atoms with Gasteiger partial charge in [-0.2, -0.15) is 0 Å². The second-order valence-corrected chi connectivity index (χ2v) is 5.56. The Kier molecular flexibility index (Phi) is 4.06. The number of rotatable bonds is 4. The van der Waals surface area contributed by atoms with Crippen molar-refractivity contribution in [2.45, 2.75) is 13.5 Å². The number of hydrogen-bond acceptors (Lipinski definition) is 4. The summed E-state index contributed by atoms with van der Waals surface area (Å²) in [5.41, 5.74) is 0.901. The average molecular weight is 296 g/mol. The van der Waals surface area contributed by atoms with Crippen molar-refractivity contribution < 1.29 is 14.7 Å². The van der Waals surface area contributed by atoms with Crippen molar-refractivity contribution in [2.75, 3.05) is 6.54 Å². The van der Waals surface area contributed by atoms with Crippen LogP contribution in [0.2, 0.25) is 0 Å². The van der Waals surface area contributed by atoms with Crippen LogP contribution in [0.5, 0.6) is 0 Å². The van der Waals surface area contributed by atoms with Crippen LogP contribution >= 0.6 is 24.0 Å². The van der Waals surface area contributed by atoms with Crippen LogP contribution < -0.4 is 0 Å². The van der Waals surface area contributed by atoms with E-state index in [2.05, 4.69) is 0 Å². The summed E-state index contributed by atoms with van der Waals surface area (Å²) in [5, 5.41) is 8.75. The average Bonchev–Trinajstić information content (AvgIpc) is 2.89. The van der Waals surface area contributed by atoms with Crippen LogP contribution in [0.1, 0.15) is 12.6 Å². The van der Waals surface area contributed by atoms with E-state index in [0.29, 0.717) is 4.91 Å². The van der Waals surface area contributed by atoms with E-state index >= 15 is 0 Å². The van der Waals surface area contributed by atoms with Gasteiger partial charge in [-0.05, 0) is 25.1 Å². The minimum Gasteiger partial charge on any atom is -0.480 e. The van der Waals surface area contributed by atoms with Crippen molar-refractivity contribution in [3.63, 3.8) is 0 Å². The molecule has 7 heteroatoms. The Morgan fingerprint density at radius 1 is 1.58 bits per heavy atom. The number of carbonyl (C=O) groups excluding carboxylic acids is 1. The summed E-state index contributed by atoms with van der Waals surface area (Å²) in [5.74, 6) is -1.42. The number of carbonyl (C=O) groups is 2. The molecule has 0 bridgehead atoms. The molecule has 1 aliphatic heterocycles. The van der Waals surface area contributed by atoms with Crippen LogP contribution in [-0.4, -0.2) is 37.3 Å². The van der Waals surface area contributed by atoms with Crippen LogP contribution in [0.4, 0.5) is 0 Å². The van der Waals surface area contributed by atoms with Crippen LogP contribution in [0.25, 0.3) is 6.08 Å². The van der Waals surface area contributed by atoms with Gasteiger partial charge in [-0.1, -0.05) is 24.0 Å². The minimum atomic E-state index is -1.07. The maximum Gasteiger partial charge on any atom is 0.323 e. The molecule has 0 spiro atoms. The number of hydrogen-bond donors (Lipinski definition) is 1. The maximum absolute atomic E-state index is 12.1. The van der Waals surface area contributed by atoms with E-state index in [9.17, 15) is 9.59 Å². The molecule has 100 valence electrons. The molecule has 2 heterocycles. The second-order valence-electron chi connectivity index (χ2n) is 3.88. The number of carboxylic acids is 1. The predicted molar refractivity (Wildman–Crippen MR) is 77.6 cm³/mol. The molecule has 1 N–H and O–H groups in total. The Hall–Kier alpha value is -1.60. The highest BCUT2D eigenvalue weighted by molar-refractivity contribution is 8.26. The first-order valence-electron chi connectivity index (χ1n) is 5.65. The first kappa shape index (κ1) is 13.8. The Morgan fingerprint density at radius 2 is 2.32 bits per heavy atom. The van der Waals surface area contributed by atoms with Gasteiger partial charge in [-0.25, -0.2) is 0 Å². The molecule has 1 aromatic rings. The van der Waals surface area contributed by atoms with Gasteiger partial charge in [0.2, 0.25) is 0 Å². The number of thioether (sulfide) groups is 1. The summed E-state index contributed by atoms with van der Waals surface area (Å²) in [4.78, 5) is 24.3. The minimum absolute atomic E-state index is 0.285. The first-order chi connectivity index (χ1) is 9.02. The van der Waals surface area contributed by atoms with Crippen LogP contribution in [0.3, 0.4) is 0 Å². The smallest absolute Gasteiger partial charge is 0.323 e. The quantitative estimate of drug-likeness (QED) is 0.678. The normalized spacial score (nSPS) is 17.5. The van der Waals surface area contributed by atoms with Gasteiger partial charge in [-0.3, -0.25) is 14.5 Å². The monoisotopic (exact) mass is 296 g/mol. The number of amides is 1. The summed E-state index contributed by atoms with van der Waals surface area (Å²) in [6, 6.07) is 3.79. The zero-order chi connectivity index (χ0) is 14.0. The standard InChI is InChI=1S/C12H12N2O3S2/c1-2-13-5-3-4-8(13)6-9-11(17)14(7-10(15)16)12(18)19-9/h3-6H,2,7H2,1H3,(H,15,16)/b9-6+. The van der Waals surface area contributed by atoms with E-state index in [-0.39, 0.29) is 10.2 Å². The Bertz CT molecular complexity index is 577. The van der Waals surface area contributed by atoms with Gasteiger partial charge in [0.15, 0.2) is 0 Å². The fraction of sp³-hybridized carbons (Fsp3) is 0.250. The molecule has 2 rings (SSSR count). The fourth-order valence-electron chi connectivity index (χ4n) is 1.75. The predicted octanol–water partition coefficient (Wildman–Crippen LogP) is 1.79. The lowest BCUT2D eigenvalue weighted by Crippen LogP contribution is -2.33. The molecule has 5 nitrogen and oxygen atoms in total. The van der Waals surface area contributed by atoms with Gasteiger partial charge in [0, 0.05) is 18.4 Å². The summed E-state index contributed by atoms with van der Waals surface area (Å²) >= 11 is 6.16. The SMILES string of the molecule is CCn1cccc1/C=C1/SC(=S)N(CC(=O)O)C1=O. The van der Waals surface area contributed by atoms with Gasteiger partial charge >= 0.3 is 5.97 Å².